The van der Waals surface area contributed by atoms with Crippen LogP contribution in [0, 0.1) is 5.92 Å². The molecule has 116 valence electrons. The van der Waals surface area contributed by atoms with Crippen LogP contribution in [-0.2, 0) is 0 Å². The average molecular weight is 384 g/mol. The van der Waals surface area contributed by atoms with Gasteiger partial charge in [0.25, 0.3) is 0 Å². The van der Waals surface area contributed by atoms with Gasteiger partial charge in [0.2, 0.25) is 0 Å². The number of likely N-dealkylation sites (N-methyl/N-ethyl adjacent to an activating group) is 1. The number of rotatable bonds is 7. The minimum absolute atomic E-state index is 0. The molecule has 0 aromatic carbocycles. The Hall–Kier alpha value is -0.0400. The highest BCUT2D eigenvalue weighted by Gasteiger charge is 2.13. The molecule has 2 N–H and O–H groups in total. The van der Waals surface area contributed by atoms with Crippen LogP contribution < -0.4 is 10.6 Å². The van der Waals surface area contributed by atoms with Gasteiger partial charge < -0.3 is 15.5 Å². The Kier molecular flexibility index (Phi) is 13.2. The van der Waals surface area contributed by atoms with Gasteiger partial charge in [-0.2, -0.15) is 0 Å². The van der Waals surface area contributed by atoms with Gasteiger partial charge in [0, 0.05) is 18.6 Å². The fourth-order valence-electron chi connectivity index (χ4n) is 1.78. The monoisotopic (exact) mass is 384 g/mol. The molecule has 0 saturated carbocycles. The van der Waals surface area contributed by atoms with Crippen LogP contribution in [0.5, 0.6) is 0 Å². The maximum Gasteiger partial charge on any atom is 0.191 e. The van der Waals surface area contributed by atoms with Gasteiger partial charge in [0.15, 0.2) is 5.96 Å². The van der Waals surface area contributed by atoms with E-state index in [0.717, 1.165) is 19.0 Å². The second kappa shape index (κ2) is 11.8. The van der Waals surface area contributed by atoms with Crippen molar-refractivity contribution in [2.75, 3.05) is 27.2 Å². The van der Waals surface area contributed by atoms with Crippen molar-refractivity contribution >= 4 is 29.9 Å². The molecular weight excluding hydrogens is 351 g/mol. The molecule has 0 radical (unpaired) electrons. The third-order valence-electron chi connectivity index (χ3n) is 2.70. The molecule has 5 heteroatoms. The molecule has 1 atom stereocenters. The van der Waals surface area contributed by atoms with Crippen LogP contribution >= 0.6 is 24.0 Å². The van der Waals surface area contributed by atoms with Crippen molar-refractivity contribution in [3.05, 3.63) is 0 Å². The molecule has 0 bridgehead atoms. The van der Waals surface area contributed by atoms with E-state index in [2.05, 4.69) is 69.2 Å². The quantitative estimate of drug-likeness (QED) is 0.403. The SMILES string of the molecule is CCNC(=NCC(CC(C)C)N(C)C)NC(C)C.I. The zero-order chi connectivity index (χ0) is 14.1. The minimum atomic E-state index is 0. The third-order valence-corrected chi connectivity index (χ3v) is 2.70. The third kappa shape index (κ3) is 11.5. The highest BCUT2D eigenvalue weighted by molar-refractivity contribution is 14.0. The second-order valence-electron chi connectivity index (χ2n) is 5.77. The van der Waals surface area contributed by atoms with Crippen LogP contribution in [0.15, 0.2) is 4.99 Å². The second-order valence-corrected chi connectivity index (χ2v) is 5.77. The number of guanidine groups is 1. The maximum absolute atomic E-state index is 4.68. The number of hydrogen-bond donors (Lipinski definition) is 2. The smallest absolute Gasteiger partial charge is 0.191 e. The Morgan fingerprint density at radius 1 is 1.16 bits per heavy atom. The lowest BCUT2D eigenvalue weighted by Gasteiger charge is -2.25. The van der Waals surface area contributed by atoms with E-state index in [-0.39, 0.29) is 24.0 Å². The van der Waals surface area contributed by atoms with Crippen LogP contribution in [0.2, 0.25) is 0 Å². The summed E-state index contributed by atoms with van der Waals surface area (Å²) < 4.78 is 0. The maximum atomic E-state index is 4.68. The topological polar surface area (TPSA) is 39.7 Å². The van der Waals surface area contributed by atoms with Gasteiger partial charge in [0.05, 0.1) is 6.54 Å². The molecule has 0 aromatic rings. The van der Waals surface area contributed by atoms with E-state index in [4.69, 9.17) is 0 Å². The van der Waals surface area contributed by atoms with Crippen molar-refractivity contribution in [2.45, 2.75) is 53.1 Å². The fourth-order valence-corrected chi connectivity index (χ4v) is 1.78. The Bertz CT molecular complexity index is 240. The first kappa shape index (κ1) is 21.3. The number of nitrogens with zero attached hydrogens (tertiary/aromatic N) is 2. The van der Waals surface area contributed by atoms with Crippen LogP contribution in [0.4, 0.5) is 0 Å². The Morgan fingerprint density at radius 2 is 1.74 bits per heavy atom. The van der Waals surface area contributed by atoms with E-state index in [1.165, 1.54) is 6.42 Å². The molecule has 0 aromatic heterocycles. The molecule has 1 unspecified atom stereocenters. The van der Waals surface area contributed by atoms with Gasteiger partial charge in [0.1, 0.15) is 0 Å². The Morgan fingerprint density at radius 3 is 2.11 bits per heavy atom. The highest BCUT2D eigenvalue weighted by atomic mass is 127. The molecule has 0 aliphatic carbocycles. The summed E-state index contributed by atoms with van der Waals surface area (Å²) in [6, 6.07) is 0.915. The van der Waals surface area contributed by atoms with Crippen LogP contribution in [0.25, 0.3) is 0 Å². The standard InChI is InChI=1S/C14H32N4.HI/c1-8-15-14(17-12(4)5)16-10-13(18(6)7)9-11(2)3;/h11-13H,8-10H2,1-7H3,(H2,15,16,17);1H. The number of hydrogen-bond acceptors (Lipinski definition) is 2. The Balaban J connectivity index is 0. The molecule has 0 aliphatic heterocycles. The fraction of sp³-hybridized carbons (Fsp3) is 0.929. The molecule has 0 rings (SSSR count). The molecule has 0 saturated heterocycles. The van der Waals surface area contributed by atoms with Crippen molar-refractivity contribution in [2.24, 2.45) is 10.9 Å². The molecule has 0 fully saturated rings. The van der Waals surface area contributed by atoms with Crippen molar-refractivity contribution in [1.82, 2.24) is 15.5 Å². The molecule has 0 spiro atoms. The van der Waals surface area contributed by atoms with Gasteiger partial charge in [-0.1, -0.05) is 13.8 Å². The van der Waals surface area contributed by atoms with E-state index in [0.29, 0.717) is 18.0 Å². The molecule has 0 aliphatic rings. The predicted molar refractivity (Wildman–Crippen MR) is 96.6 cm³/mol. The van der Waals surface area contributed by atoms with Gasteiger partial charge in [-0.25, -0.2) is 0 Å². The highest BCUT2D eigenvalue weighted by Crippen LogP contribution is 2.09. The van der Waals surface area contributed by atoms with E-state index in [1.54, 1.807) is 0 Å². The average Bonchev–Trinajstić information content (AvgIpc) is 2.22. The molecule has 0 amide bonds. The largest absolute Gasteiger partial charge is 0.357 e. The molecule has 19 heavy (non-hydrogen) atoms. The molecular formula is C14H33IN4. The summed E-state index contributed by atoms with van der Waals surface area (Å²) in [6.07, 6.45) is 1.18. The van der Waals surface area contributed by atoms with Gasteiger partial charge >= 0.3 is 0 Å². The van der Waals surface area contributed by atoms with E-state index < -0.39 is 0 Å². The van der Waals surface area contributed by atoms with Gasteiger partial charge in [-0.15, -0.1) is 24.0 Å². The van der Waals surface area contributed by atoms with E-state index >= 15 is 0 Å². The van der Waals surface area contributed by atoms with Crippen LogP contribution in [0.1, 0.15) is 41.0 Å². The lowest BCUT2D eigenvalue weighted by atomic mass is 10.0. The van der Waals surface area contributed by atoms with E-state index in [1.807, 2.05) is 0 Å². The van der Waals surface area contributed by atoms with Crippen LogP contribution in [-0.4, -0.2) is 50.1 Å². The van der Waals surface area contributed by atoms with Gasteiger partial charge in [-0.05, 0) is 47.2 Å². The summed E-state index contributed by atoms with van der Waals surface area (Å²) in [5.74, 6) is 1.62. The molecule has 0 heterocycles. The summed E-state index contributed by atoms with van der Waals surface area (Å²) in [5, 5.41) is 6.63. The summed E-state index contributed by atoms with van der Waals surface area (Å²) in [6.45, 7) is 12.6. The number of nitrogens with one attached hydrogen (secondary N) is 2. The first-order chi connectivity index (χ1) is 8.36. The molecule has 4 nitrogen and oxygen atoms in total. The zero-order valence-corrected chi connectivity index (χ0v) is 16.0. The lowest BCUT2D eigenvalue weighted by Crippen LogP contribution is -2.42. The number of halogens is 1. The Labute approximate surface area is 136 Å². The van der Waals surface area contributed by atoms with Crippen molar-refractivity contribution in [1.29, 1.82) is 0 Å². The van der Waals surface area contributed by atoms with Crippen molar-refractivity contribution < 1.29 is 0 Å². The minimum Gasteiger partial charge on any atom is -0.357 e. The predicted octanol–water partition coefficient (Wildman–Crippen LogP) is 2.54. The van der Waals surface area contributed by atoms with Crippen molar-refractivity contribution in [3.8, 4) is 0 Å². The zero-order valence-electron chi connectivity index (χ0n) is 13.7. The van der Waals surface area contributed by atoms with E-state index in [9.17, 15) is 0 Å². The normalized spacial score (nSPS) is 13.7. The lowest BCUT2D eigenvalue weighted by molar-refractivity contribution is 0.261. The first-order valence-electron chi connectivity index (χ1n) is 7.08. The van der Waals surface area contributed by atoms with Crippen LogP contribution in [0.3, 0.4) is 0 Å². The summed E-state index contributed by atoms with van der Waals surface area (Å²) in [4.78, 5) is 6.95. The summed E-state index contributed by atoms with van der Waals surface area (Å²) in [5.41, 5.74) is 0. The summed E-state index contributed by atoms with van der Waals surface area (Å²) >= 11 is 0. The first-order valence-corrected chi connectivity index (χ1v) is 7.08. The van der Waals surface area contributed by atoms with Crippen molar-refractivity contribution in [3.63, 3.8) is 0 Å². The van der Waals surface area contributed by atoms with Gasteiger partial charge in [-0.3, -0.25) is 4.99 Å². The summed E-state index contributed by atoms with van der Waals surface area (Å²) in [7, 11) is 4.26. The number of aliphatic imine (C=N–C) groups is 1.